The SMILES string of the molecule is O=S(=O)([O-])[O-].[Cu+2].[NH-]CCO.[NH-]CCO. The van der Waals surface area contributed by atoms with Crippen LogP contribution in [0.2, 0.25) is 0 Å². The van der Waals surface area contributed by atoms with Crippen LogP contribution in [0.15, 0.2) is 0 Å². The average Bonchev–Trinajstić information content (AvgIpc) is 2.01. The third-order valence-electron chi connectivity index (χ3n) is 0.224. The fourth-order valence-electron chi connectivity index (χ4n) is 0. The Bertz CT molecular complexity index is 147. The van der Waals surface area contributed by atoms with Crippen molar-refractivity contribution in [3.05, 3.63) is 11.5 Å². The predicted octanol–water partition coefficient (Wildman–Crippen LogP) is -1.28. The van der Waals surface area contributed by atoms with Gasteiger partial charge in [0.1, 0.15) is 0 Å². The van der Waals surface area contributed by atoms with Crippen LogP contribution in [-0.2, 0) is 27.5 Å². The van der Waals surface area contributed by atoms with E-state index in [-0.39, 0.29) is 43.4 Å². The Hall–Kier alpha value is 0.229. The Morgan fingerprint density at radius 3 is 1.07 bits per heavy atom. The van der Waals surface area contributed by atoms with Crippen molar-refractivity contribution in [1.82, 2.24) is 0 Å². The van der Waals surface area contributed by atoms with E-state index >= 15 is 0 Å². The van der Waals surface area contributed by atoms with Gasteiger partial charge in [0.2, 0.25) is 0 Å². The summed E-state index contributed by atoms with van der Waals surface area (Å²) in [6.45, 7) is 0.222. The molecule has 0 aromatic heterocycles. The van der Waals surface area contributed by atoms with Gasteiger partial charge >= 0.3 is 17.1 Å². The van der Waals surface area contributed by atoms with E-state index in [1.807, 2.05) is 0 Å². The molecule has 4 N–H and O–H groups in total. The normalized spacial score (nSPS) is 8.43. The maximum absolute atomic E-state index is 8.52. The summed E-state index contributed by atoms with van der Waals surface area (Å²) in [6, 6.07) is 0. The largest absolute Gasteiger partial charge is 2.00 e. The van der Waals surface area contributed by atoms with Crippen LogP contribution in [0, 0.1) is 0 Å². The molecule has 0 saturated heterocycles. The van der Waals surface area contributed by atoms with E-state index in [1.54, 1.807) is 0 Å². The summed E-state index contributed by atoms with van der Waals surface area (Å²) < 4.78 is 34.1. The first-order valence-electron chi connectivity index (χ1n) is 3.01. The standard InChI is InChI=1S/2C2H6NO.Cu.H2O4S/c2*3-1-2-4;;1-5(2,3)4/h2*3-4H,1-2H2;;(H2,1,2,3,4)/q2*-1;+2;/p-2. The van der Waals surface area contributed by atoms with Crippen molar-refractivity contribution in [2.24, 2.45) is 0 Å². The van der Waals surface area contributed by atoms with Gasteiger partial charge in [0.25, 0.3) is 0 Å². The van der Waals surface area contributed by atoms with E-state index in [2.05, 4.69) is 0 Å². The van der Waals surface area contributed by atoms with Gasteiger partial charge in [-0.25, -0.2) is 0 Å². The quantitative estimate of drug-likeness (QED) is 0.362. The number of aliphatic hydroxyl groups excluding tert-OH is 2. The van der Waals surface area contributed by atoms with Crippen LogP contribution < -0.4 is 0 Å². The van der Waals surface area contributed by atoms with Crippen molar-refractivity contribution in [1.29, 1.82) is 0 Å². The first-order chi connectivity index (χ1) is 5.83. The first-order valence-corrected chi connectivity index (χ1v) is 4.34. The molecule has 0 aromatic rings. The van der Waals surface area contributed by atoms with Crippen molar-refractivity contribution in [2.75, 3.05) is 26.3 Å². The average molecular weight is 280 g/mol. The molecule has 93 valence electrons. The zero-order valence-electron chi connectivity index (χ0n) is 7.07. The third-order valence-corrected chi connectivity index (χ3v) is 0.224. The van der Waals surface area contributed by atoms with Crippen LogP contribution in [0.4, 0.5) is 0 Å². The van der Waals surface area contributed by atoms with Crippen LogP contribution in [0.5, 0.6) is 0 Å². The minimum Gasteiger partial charge on any atom is -0.759 e. The van der Waals surface area contributed by atoms with Gasteiger partial charge in [0.05, 0.1) is 0 Å². The minimum absolute atomic E-state index is 0. The molecule has 0 amide bonds. The van der Waals surface area contributed by atoms with E-state index in [1.165, 1.54) is 0 Å². The summed E-state index contributed by atoms with van der Waals surface area (Å²) >= 11 is 0. The molecule has 0 fully saturated rings. The number of hydrogen-bond donors (Lipinski definition) is 2. The Balaban J connectivity index is -0.0000000522. The van der Waals surface area contributed by atoms with Crippen molar-refractivity contribution < 1.29 is 44.8 Å². The van der Waals surface area contributed by atoms with Crippen LogP contribution in [0.3, 0.4) is 0 Å². The van der Waals surface area contributed by atoms with E-state index in [9.17, 15) is 0 Å². The van der Waals surface area contributed by atoms with Crippen LogP contribution in [0.25, 0.3) is 11.5 Å². The molecule has 1 radical (unpaired) electrons. The minimum atomic E-state index is -5.17. The second-order valence-corrected chi connectivity index (χ2v) is 2.17. The summed E-state index contributed by atoms with van der Waals surface area (Å²) in [5.74, 6) is 0. The number of aliphatic hydroxyl groups is 2. The number of hydrogen-bond acceptors (Lipinski definition) is 6. The maximum Gasteiger partial charge on any atom is 2.00 e. The molecule has 0 aliphatic heterocycles. The molecular weight excluding hydrogens is 268 g/mol. The monoisotopic (exact) mass is 279 g/mol. The summed E-state index contributed by atoms with van der Waals surface area (Å²) in [5, 5.41) is 15.4. The Morgan fingerprint density at radius 2 is 1.07 bits per heavy atom. The second-order valence-electron chi connectivity index (χ2n) is 1.36. The molecule has 0 atom stereocenters. The van der Waals surface area contributed by atoms with E-state index in [4.69, 9.17) is 39.2 Å². The van der Waals surface area contributed by atoms with Crippen molar-refractivity contribution in [3.8, 4) is 0 Å². The molecule has 0 aromatic carbocycles. The molecule has 8 nitrogen and oxygen atoms in total. The number of nitrogens with one attached hydrogen (secondary N) is 2. The zero-order valence-corrected chi connectivity index (χ0v) is 8.82. The zero-order chi connectivity index (χ0) is 11.3. The van der Waals surface area contributed by atoms with Gasteiger partial charge in [-0.3, -0.25) is 8.42 Å². The fourth-order valence-corrected chi connectivity index (χ4v) is 0. The van der Waals surface area contributed by atoms with Crippen molar-refractivity contribution in [2.45, 2.75) is 0 Å². The van der Waals surface area contributed by atoms with E-state index in [0.717, 1.165) is 0 Å². The van der Waals surface area contributed by atoms with Crippen LogP contribution in [-0.4, -0.2) is 54.0 Å². The predicted molar refractivity (Wildman–Crippen MR) is 43.0 cm³/mol. The van der Waals surface area contributed by atoms with Gasteiger partial charge in [-0.1, -0.05) is 0 Å². The summed E-state index contributed by atoms with van der Waals surface area (Å²) in [6.07, 6.45) is 0. The summed E-state index contributed by atoms with van der Waals surface area (Å²) in [5.41, 5.74) is 12.4. The van der Waals surface area contributed by atoms with Gasteiger partial charge in [-0.05, 0) is 0 Å². The van der Waals surface area contributed by atoms with E-state index in [0.29, 0.717) is 0 Å². The smallest absolute Gasteiger partial charge is 0.759 e. The van der Waals surface area contributed by atoms with Gasteiger partial charge in [-0.15, -0.1) is 13.1 Å². The topological polar surface area (TPSA) is 168 Å². The molecule has 0 saturated carbocycles. The van der Waals surface area contributed by atoms with Crippen LogP contribution >= 0.6 is 0 Å². The first kappa shape index (κ1) is 23.8. The van der Waals surface area contributed by atoms with Crippen molar-refractivity contribution >= 4 is 10.4 Å². The molecule has 0 aliphatic rings. The molecule has 0 spiro atoms. The Morgan fingerprint density at radius 1 is 1.00 bits per heavy atom. The van der Waals surface area contributed by atoms with Crippen LogP contribution in [0.1, 0.15) is 0 Å². The van der Waals surface area contributed by atoms with Gasteiger partial charge in [0, 0.05) is 23.6 Å². The second kappa shape index (κ2) is 18.9. The Kier molecular flexibility index (Phi) is 32.1. The summed E-state index contributed by atoms with van der Waals surface area (Å²) in [4.78, 5) is 0. The Labute approximate surface area is 93.3 Å². The molecular formula is C4H12CuN2O6S-2. The fraction of sp³-hybridized carbons (Fsp3) is 1.00. The molecule has 14 heavy (non-hydrogen) atoms. The molecule has 0 heterocycles. The van der Waals surface area contributed by atoms with E-state index < -0.39 is 10.4 Å². The molecule has 0 bridgehead atoms. The van der Waals surface area contributed by atoms with Crippen molar-refractivity contribution in [3.63, 3.8) is 0 Å². The van der Waals surface area contributed by atoms with Gasteiger partial charge < -0.3 is 30.8 Å². The molecule has 0 rings (SSSR count). The van der Waals surface area contributed by atoms with Gasteiger partial charge in [0.15, 0.2) is 0 Å². The molecule has 0 aliphatic carbocycles. The molecule has 0 unspecified atom stereocenters. The third kappa shape index (κ3) is 310. The number of rotatable bonds is 2. The summed E-state index contributed by atoms with van der Waals surface area (Å²) in [7, 11) is -5.17. The van der Waals surface area contributed by atoms with Gasteiger partial charge in [-0.2, -0.15) is 0 Å². The maximum atomic E-state index is 8.52. The molecule has 10 heteroatoms.